The molecule has 2 aliphatic rings. The van der Waals surface area contributed by atoms with Gasteiger partial charge in [0.1, 0.15) is 5.15 Å². The molecule has 0 N–H and O–H groups in total. The third kappa shape index (κ3) is 3.64. The highest BCUT2D eigenvalue weighted by Gasteiger charge is 2.31. The average molecular weight is 324 g/mol. The predicted molar refractivity (Wildman–Crippen MR) is 89.6 cm³/mol. The van der Waals surface area contributed by atoms with Crippen LogP contribution >= 0.6 is 11.6 Å². The lowest BCUT2D eigenvalue weighted by atomic mass is 9.68. The maximum Gasteiger partial charge on any atom is 0.217 e. The van der Waals surface area contributed by atoms with Crippen LogP contribution in [0.15, 0.2) is 12.1 Å². The first kappa shape index (κ1) is 16.2. The second kappa shape index (κ2) is 7.29. The van der Waals surface area contributed by atoms with Gasteiger partial charge >= 0.3 is 0 Å². The lowest BCUT2D eigenvalue weighted by molar-refractivity contribution is 0.158. The molecule has 0 spiro atoms. The minimum atomic E-state index is -0.362. The van der Waals surface area contributed by atoms with Crippen LogP contribution in [-0.4, -0.2) is 4.98 Å². The molecule has 1 nitrogen and oxygen atoms in total. The second-order valence-corrected chi connectivity index (χ2v) is 7.70. The van der Waals surface area contributed by atoms with Crippen LogP contribution in [0.2, 0.25) is 5.15 Å². The van der Waals surface area contributed by atoms with Gasteiger partial charge < -0.3 is 0 Å². The number of pyridine rings is 1. The molecule has 1 heterocycles. The van der Waals surface area contributed by atoms with E-state index in [1.807, 2.05) is 6.07 Å². The first-order valence-corrected chi connectivity index (χ1v) is 9.37. The third-order valence-electron chi connectivity index (χ3n) is 6.19. The van der Waals surface area contributed by atoms with Gasteiger partial charge in [-0.15, -0.1) is 0 Å². The fraction of sp³-hybridized carbons (Fsp3) is 0.737. The van der Waals surface area contributed by atoms with E-state index in [4.69, 9.17) is 11.6 Å². The lowest BCUT2D eigenvalue weighted by Gasteiger charge is -2.37. The number of nitrogens with zero attached hydrogens (tertiary/aromatic N) is 1. The molecule has 0 atom stereocenters. The van der Waals surface area contributed by atoms with Crippen molar-refractivity contribution in [3.63, 3.8) is 0 Å². The Balaban J connectivity index is 1.54. The monoisotopic (exact) mass is 323 g/mol. The summed E-state index contributed by atoms with van der Waals surface area (Å²) < 4.78 is 14.0. The van der Waals surface area contributed by atoms with E-state index in [0.717, 1.165) is 36.2 Å². The zero-order valence-corrected chi connectivity index (χ0v) is 14.3. The fourth-order valence-corrected chi connectivity index (χ4v) is 4.83. The summed E-state index contributed by atoms with van der Waals surface area (Å²) in [5.74, 6) is 2.75. The van der Waals surface area contributed by atoms with Crippen molar-refractivity contribution in [2.75, 3.05) is 0 Å². The van der Waals surface area contributed by atoms with Crippen LogP contribution in [-0.2, 0) is 0 Å². The van der Waals surface area contributed by atoms with E-state index in [2.05, 4.69) is 11.9 Å². The molecular formula is C19H27ClFN. The predicted octanol–water partition coefficient (Wildman–Crippen LogP) is 6.36. The highest BCUT2D eigenvalue weighted by atomic mass is 35.5. The number of aromatic nitrogens is 1. The number of halogens is 2. The molecule has 1 aromatic rings. The van der Waals surface area contributed by atoms with Gasteiger partial charge in [-0.2, -0.15) is 4.39 Å². The molecular weight excluding hydrogens is 297 g/mol. The Labute approximate surface area is 138 Å². The molecule has 3 rings (SSSR count). The van der Waals surface area contributed by atoms with Gasteiger partial charge in [-0.3, -0.25) is 0 Å². The normalized spacial score (nSPS) is 32.9. The zero-order valence-electron chi connectivity index (χ0n) is 13.5. The van der Waals surface area contributed by atoms with Crippen molar-refractivity contribution in [3.05, 3.63) is 28.8 Å². The molecule has 2 aliphatic carbocycles. The van der Waals surface area contributed by atoms with Crippen LogP contribution in [0.25, 0.3) is 0 Å². The van der Waals surface area contributed by atoms with Crippen molar-refractivity contribution in [3.8, 4) is 0 Å². The average Bonchev–Trinajstić information content (AvgIpc) is 2.55. The van der Waals surface area contributed by atoms with Crippen molar-refractivity contribution in [2.45, 2.75) is 70.6 Å². The van der Waals surface area contributed by atoms with Gasteiger partial charge in [0.15, 0.2) is 0 Å². The zero-order chi connectivity index (χ0) is 15.5. The summed E-state index contributed by atoms with van der Waals surface area (Å²) in [5, 5.41) is 0.252. The standard InChI is InChI=1S/C19H27ClFN/c1-2-13-3-5-14(6-4-13)15-7-9-16(10-8-15)17-11-12-18(20)22-19(17)21/h11-16H,2-10H2,1H3/t13-,14-,15-,16-. The Morgan fingerprint density at radius 3 is 2.14 bits per heavy atom. The quantitative estimate of drug-likeness (QED) is 0.589. The smallest absolute Gasteiger partial charge is 0.208 e. The summed E-state index contributed by atoms with van der Waals surface area (Å²) in [6.07, 6.45) is 11.8. The molecule has 3 heteroatoms. The van der Waals surface area contributed by atoms with E-state index in [0.29, 0.717) is 5.92 Å². The van der Waals surface area contributed by atoms with Crippen LogP contribution < -0.4 is 0 Å². The molecule has 0 radical (unpaired) electrons. The highest BCUT2D eigenvalue weighted by Crippen LogP contribution is 2.44. The van der Waals surface area contributed by atoms with E-state index >= 15 is 0 Å². The van der Waals surface area contributed by atoms with Crippen LogP contribution in [0.1, 0.15) is 76.2 Å². The molecule has 122 valence electrons. The van der Waals surface area contributed by atoms with Gasteiger partial charge in [0, 0.05) is 5.56 Å². The Kier molecular flexibility index (Phi) is 5.38. The second-order valence-electron chi connectivity index (χ2n) is 7.31. The van der Waals surface area contributed by atoms with Gasteiger partial charge in [0.05, 0.1) is 0 Å². The first-order chi connectivity index (χ1) is 10.7. The summed E-state index contributed by atoms with van der Waals surface area (Å²) in [5.41, 5.74) is 0.776. The molecule has 0 aromatic carbocycles. The summed E-state index contributed by atoms with van der Waals surface area (Å²) >= 11 is 5.75. The molecule has 0 bridgehead atoms. The van der Waals surface area contributed by atoms with Gasteiger partial charge in [0.25, 0.3) is 0 Å². The number of hydrogen-bond acceptors (Lipinski definition) is 1. The van der Waals surface area contributed by atoms with Crippen molar-refractivity contribution in [2.24, 2.45) is 17.8 Å². The van der Waals surface area contributed by atoms with Gasteiger partial charge in [-0.05, 0) is 68.3 Å². The van der Waals surface area contributed by atoms with E-state index in [1.165, 1.54) is 44.9 Å². The Morgan fingerprint density at radius 1 is 1.00 bits per heavy atom. The summed E-state index contributed by atoms with van der Waals surface area (Å²) in [6, 6.07) is 3.56. The molecule has 0 saturated heterocycles. The van der Waals surface area contributed by atoms with E-state index in [-0.39, 0.29) is 11.1 Å². The van der Waals surface area contributed by atoms with Crippen molar-refractivity contribution >= 4 is 11.6 Å². The van der Waals surface area contributed by atoms with Crippen LogP contribution in [0.3, 0.4) is 0 Å². The first-order valence-electron chi connectivity index (χ1n) is 8.99. The van der Waals surface area contributed by atoms with Crippen LogP contribution in [0.4, 0.5) is 4.39 Å². The molecule has 22 heavy (non-hydrogen) atoms. The molecule has 2 saturated carbocycles. The fourth-order valence-electron chi connectivity index (χ4n) is 4.70. The van der Waals surface area contributed by atoms with Gasteiger partial charge in [0.2, 0.25) is 5.95 Å². The molecule has 0 unspecified atom stereocenters. The van der Waals surface area contributed by atoms with E-state index in [9.17, 15) is 4.39 Å². The summed E-state index contributed by atoms with van der Waals surface area (Å²) in [4.78, 5) is 3.77. The van der Waals surface area contributed by atoms with E-state index in [1.54, 1.807) is 6.07 Å². The van der Waals surface area contributed by atoms with Crippen LogP contribution in [0, 0.1) is 23.7 Å². The number of hydrogen-bond donors (Lipinski definition) is 0. The molecule has 2 fully saturated rings. The van der Waals surface area contributed by atoms with E-state index < -0.39 is 0 Å². The Bertz CT molecular complexity index is 488. The summed E-state index contributed by atoms with van der Waals surface area (Å²) in [6.45, 7) is 2.32. The SMILES string of the molecule is CC[C@H]1CC[C@H]([C@H]2CC[C@H](c3ccc(Cl)nc3F)CC2)CC1. The number of rotatable bonds is 3. The topological polar surface area (TPSA) is 12.9 Å². The van der Waals surface area contributed by atoms with Gasteiger partial charge in [-0.25, -0.2) is 4.98 Å². The Hall–Kier alpha value is -0.630. The van der Waals surface area contributed by atoms with Crippen LogP contribution in [0.5, 0.6) is 0 Å². The lowest BCUT2D eigenvalue weighted by Crippen LogP contribution is -2.25. The molecule has 0 amide bonds. The third-order valence-corrected chi connectivity index (χ3v) is 6.40. The summed E-state index contributed by atoms with van der Waals surface area (Å²) in [7, 11) is 0. The van der Waals surface area contributed by atoms with Crippen molar-refractivity contribution in [1.82, 2.24) is 4.98 Å². The minimum absolute atomic E-state index is 0.252. The van der Waals surface area contributed by atoms with Crippen molar-refractivity contribution < 1.29 is 4.39 Å². The van der Waals surface area contributed by atoms with Gasteiger partial charge in [-0.1, -0.05) is 43.9 Å². The largest absolute Gasteiger partial charge is 0.217 e. The van der Waals surface area contributed by atoms with Crippen molar-refractivity contribution in [1.29, 1.82) is 0 Å². The maximum atomic E-state index is 14.0. The molecule has 0 aliphatic heterocycles. The molecule has 1 aromatic heterocycles. The Morgan fingerprint density at radius 2 is 1.59 bits per heavy atom. The maximum absolute atomic E-state index is 14.0. The minimum Gasteiger partial charge on any atom is -0.208 e. The highest BCUT2D eigenvalue weighted by molar-refractivity contribution is 6.29.